The third kappa shape index (κ3) is 3.40. The number of imide groups is 1. The number of rotatable bonds is 4. The molecule has 2 aromatic rings. The van der Waals surface area contributed by atoms with E-state index in [4.69, 9.17) is 0 Å². The molecule has 2 aliphatic carbocycles. The Morgan fingerprint density at radius 2 is 1.84 bits per heavy atom. The lowest BCUT2D eigenvalue weighted by atomic mass is 9.88. The molecule has 1 aliphatic heterocycles. The van der Waals surface area contributed by atoms with Crippen molar-refractivity contribution in [1.82, 2.24) is 15.5 Å². The quantitative estimate of drug-likeness (QED) is 0.751. The predicted octanol–water partition coefficient (Wildman–Crippen LogP) is 3.14. The Kier molecular flexibility index (Phi) is 4.80. The fraction of sp³-hybridized carbons (Fsp3) is 0.400. The number of hydrogen-bond acceptors (Lipinski definition) is 3. The SMILES string of the molecule is C[C@@]1(c2ccc3c(c2)CCC3)NC(=O)N(CC(=O)N[C@@H]2CCCc3ccccc32)C1=O. The fourth-order valence-corrected chi connectivity index (χ4v) is 5.21. The van der Waals surface area contributed by atoms with Crippen molar-refractivity contribution >= 4 is 17.8 Å². The van der Waals surface area contributed by atoms with E-state index in [1.807, 2.05) is 30.3 Å². The van der Waals surface area contributed by atoms with E-state index in [2.05, 4.69) is 22.8 Å². The molecule has 1 fully saturated rings. The molecule has 31 heavy (non-hydrogen) atoms. The highest BCUT2D eigenvalue weighted by Crippen LogP contribution is 2.33. The molecule has 2 atom stereocenters. The molecule has 6 heteroatoms. The second-order valence-electron chi connectivity index (χ2n) is 8.99. The summed E-state index contributed by atoms with van der Waals surface area (Å²) in [5, 5.41) is 5.85. The molecule has 0 aromatic heterocycles. The number of fused-ring (bicyclic) bond motifs is 2. The van der Waals surface area contributed by atoms with Crippen LogP contribution in [0.2, 0.25) is 0 Å². The number of amides is 4. The lowest BCUT2D eigenvalue weighted by Crippen LogP contribution is -2.44. The van der Waals surface area contributed by atoms with Crippen LogP contribution in [0.5, 0.6) is 0 Å². The Balaban J connectivity index is 1.31. The predicted molar refractivity (Wildman–Crippen MR) is 116 cm³/mol. The third-order valence-electron chi connectivity index (χ3n) is 6.96. The van der Waals surface area contributed by atoms with Gasteiger partial charge in [0.25, 0.3) is 5.91 Å². The van der Waals surface area contributed by atoms with E-state index in [1.54, 1.807) is 6.92 Å². The monoisotopic (exact) mass is 417 g/mol. The third-order valence-corrected chi connectivity index (χ3v) is 6.96. The minimum absolute atomic E-state index is 0.0821. The van der Waals surface area contributed by atoms with E-state index in [9.17, 15) is 14.4 Å². The smallest absolute Gasteiger partial charge is 0.325 e. The highest BCUT2D eigenvalue weighted by atomic mass is 16.2. The number of carbonyl (C=O) groups excluding carboxylic acids is 3. The van der Waals surface area contributed by atoms with E-state index in [0.717, 1.165) is 54.6 Å². The van der Waals surface area contributed by atoms with Crippen LogP contribution >= 0.6 is 0 Å². The average molecular weight is 418 g/mol. The zero-order valence-electron chi connectivity index (χ0n) is 17.7. The molecule has 0 bridgehead atoms. The van der Waals surface area contributed by atoms with Crippen LogP contribution in [0.3, 0.4) is 0 Å². The second-order valence-corrected chi connectivity index (χ2v) is 8.99. The van der Waals surface area contributed by atoms with Crippen LogP contribution in [-0.4, -0.2) is 29.3 Å². The zero-order valence-corrected chi connectivity index (χ0v) is 17.7. The molecule has 1 saturated heterocycles. The number of urea groups is 1. The van der Waals surface area contributed by atoms with Gasteiger partial charge in [0.2, 0.25) is 5.91 Å². The summed E-state index contributed by atoms with van der Waals surface area (Å²) in [6.45, 7) is 1.45. The Bertz CT molecular complexity index is 1080. The van der Waals surface area contributed by atoms with E-state index in [0.29, 0.717) is 0 Å². The molecule has 6 nitrogen and oxygen atoms in total. The first-order valence-corrected chi connectivity index (χ1v) is 11.1. The Labute approximate surface area is 182 Å². The first kappa shape index (κ1) is 19.8. The Morgan fingerprint density at radius 1 is 1.06 bits per heavy atom. The normalized spacial score (nSPS) is 24.5. The topological polar surface area (TPSA) is 78.5 Å². The summed E-state index contributed by atoms with van der Waals surface area (Å²) in [5.74, 6) is -0.696. The van der Waals surface area contributed by atoms with Gasteiger partial charge in [0.15, 0.2) is 0 Å². The molecule has 0 spiro atoms. The molecule has 4 amide bonds. The van der Waals surface area contributed by atoms with Crippen LogP contribution in [-0.2, 0) is 34.4 Å². The van der Waals surface area contributed by atoms with Gasteiger partial charge in [0.1, 0.15) is 12.1 Å². The highest BCUT2D eigenvalue weighted by molar-refractivity contribution is 6.09. The van der Waals surface area contributed by atoms with Crippen LogP contribution < -0.4 is 10.6 Å². The maximum absolute atomic E-state index is 13.2. The summed E-state index contributed by atoms with van der Waals surface area (Å²) in [6, 6.07) is 13.5. The first-order chi connectivity index (χ1) is 15.0. The van der Waals surface area contributed by atoms with Crippen LogP contribution in [0.25, 0.3) is 0 Å². The molecule has 0 unspecified atom stereocenters. The lowest BCUT2D eigenvalue weighted by Gasteiger charge is -2.27. The summed E-state index contributed by atoms with van der Waals surface area (Å²) >= 11 is 0. The van der Waals surface area contributed by atoms with Crippen molar-refractivity contribution in [2.24, 2.45) is 0 Å². The minimum Gasteiger partial charge on any atom is -0.348 e. The van der Waals surface area contributed by atoms with Gasteiger partial charge < -0.3 is 10.6 Å². The van der Waals surface area contributed by atoms with E-state index in [-0.39, 0.29) is 24.4 Å². The summed E-state index contributed by atoms with van der Waals surface area (Å²) in [7, 11) is 0. The summed E-state index contributed by atoms with van der Waals surface area (Å²) in [6.07, 6.45) is 6.04. The van der Waals surface area contributed by atoms with Gasteiger partial charge in [-0.25, -0.2) is 4.79 Å². The maximum atomic E-state index is 13.2. The van der Waals surface area contributed by atoms with Crippen molar-refractivity contribution in [3.05, 3.63) is 70.3 Å². The van der Waals surface area contributed by atoms with E-state index < -0.39 is 11.6 Å². The van der Waals surface area contributed by atoms with E-state index >= 15 is 0 Å². The minimum atomic E-state index is -1.15. The van der Waals surface area contributed by atoms with Crippen molar-refractivity contribution in [2.75, 3.05) is 6.54 Å². The van der Waals surface area contributed by atoms with Crippen molar-refractivity contribution in [2.45, 2.75) is 57.0 Å². The van der Waals surface area contributed by atoms with Crippen molar-refractivity contribution in [3.63, 3.8) is 0 Å². The van der Waals surface area contributed by atoms with Crippen LogP contribution in [0.1, 0.15) is 60.0 Å². The van der Waals surface area contributed by atoms with Crippen molar-refractivity contribution in [1.29, 1.82) is 0 Å². The molecule has 0 radical (unpaired) electrons. The summed E-state index contributed by atoms with van der Waals surface area (Å²) in [4.78, 5) is 39.7. The van der Waals surface area contributed by atoms with Gasteiger partial charge in [-0.15, -0.1) is 0 Å². The highest BCUT2D eigenvalue weighted by Gasteiger charge is 2.49. The average Bonchev–Trinajstić information content (AvgIpc) is 3.32. The zero-order chi connectivity index (χ0) is 21.6. The summed E-state index contributed by atoms with van der Waals surface area (Å²) < 4.78 is 0. The standard InChI is InChI=1S/C25H27N3O3/c1-25(19-13-12-16-7-4-9-18(16)14-19)23(30)28(24(31)27-25)15-22(29)26-21-11-5-8-17-6-2-3-10-20(17)21/h2-3,6,10,12-14,21H,4-5,7-9,11,15H2,1H3,(H,26,29)(H,27,31)/t21-,25+/m1/s1. The van der Waals surface area contributed by atoms with Gasteiger partial charge in [-0.3, -0.25) is 14.5 Å². The maximum Gasteiger partial charge on any atom is 0.325 e. The van der Waals surface area contributed by atoms with Gasteiger partial charge in [0, 0.05) is 0 Å². The number of nitrogens with zero attached hydrogens (tertiary/aromatic N) is 1. The molecular formula is C25H27N3O3. The van der Waals surface area contributed by atoms with Crippen molar-refractivity contribution in [3.8, 4) is 0 Å². The number of hydrogen-bond donors (Lipinski definition) is 2. The van der Waals surface area contributed by atoms with Gasteiger partial charge in [-0.2, -0.15) is 0 Å². The molecule has 2 aromatic carbocycles. The molecule has 2 N–H and O–H groups in total. The van der Waals surface area contributed by atoms with Crippen LogP contribution in [0, 0.1) is 0 Å². The number of benzene rings is 2. The largest absolute Gasteiger partial charge is 0.348 e. The van der Waals surface area contributed by atoms with Gasteiger partial charge >= 0.3 is 6.03 Å². The number of aryl methyl sites for hydroxylation is 3. The second kappa shape index (κ2) is 7.52. The number of carbonyl (C=O) groups is 3. The Hall–Kier alpha value is -3.15. The summed E-state index contributed by atoms with van der Waals surface area (Å²) in [5.41, 5.74) is 4.56. The molecule has 160 valence electrons. The molecule has 3 aliphatic rings. The van der Waals surface area contributed by atoms with E-state index in [1.165, 1.54) is 16.7 Å². The van der Waals surface area contributed by atoms with Gasteiger partial charge in [-0.05, 0) is 73.3 Å². The molecular weight excluding hydrogens is 390 g/mol. The lowest BCUT2D eigenvalue weighted by molar-refractivity contribution is -0.135. The molecule has 1 heterocycles. The first-order valence-electron chi connectivity index (χ1n) is 11.1. The van der Waals surface area contributed by atoms with Crippen LogP contribution in [0.4, 0.5) is 4.79 Å². The molecule has 0 saturated carbocycles. The van der Waals surface area contributed by atoms with Crippen LogP contribution in [0.15, 0.2) is 42.5 Å². The van der Waals surface area contributed by atoms with Gasteiger partial charge in [-0.1, -0.05) is 42.5 Å². The molecule has 5 rings (SSSR count). The fourth-order valence-electron chi connectivity index (χ4n) is 5.21. The van der Waals surface area contributed by atoms with Crippen molar-refractivity contribution < 1.29 is 14.4 Å². The Morgan fingerprint density at radius 3 is 2.71 bits per heavy atom. The van der Waals surface area contributed by atoms with Gasteiger partial charge in [0.05, 0.1) is 6.04 Å². The number of nitrogens with one attached hydrogen (secondary N) is 2.